The van der Waals surface area contributed by atoms with Gasteiger partial charge in [-0.05, 0) is 51.8 Å². The number of anilines is 2. The van der Waals surface area contributed by atoms with E-state index in [4.69, 9.17) is 0 Å². The number of hydrogen-bond donors (Lipinski definition) is 2. The predicted molar refractivity (Wildman–Crippen MR) is 84.1 cm³/mol. The first-order chi connectivity index (χ1) is 9.46. The van der Waals surface area contributed by atoms with Gasteiger partial charge in [-0.15, -0.1) is 0 Å². The summed E-state index contributed by atoms with van der Waals surface area (Å²) in [5.74, 6) is -0.124. The first kappa shape index (κ1) is 15.1. The summed E-state index contributed by atoms with van der Waals surface area (Å²) in [6.45, 7) is 10.0. The van der Waals surface area contributed by atoms with Crippen LogP contribution in [0.3, 0.4) is 0 Å². The topological polar surface area (TPSA) is 27.3 Å². The van der Waals surface area contributed by atoms with E-state index in [1.165, 1.54) is 0 Å². The molecule has 112 valence electrons. The quantitative estimate of drug-likeness (QED) is 0.810. The number of benzene rings is 1. The molecule has 0 radical (unpaired) electrons. The van der Waals surface area contributed by atoms with E-state index in [0.29, 0.717) is 0 Å². The molecule has 0 aliphatic carbocycles. The average molecular weight is 279 g/mol. The summed E-state index contributed by atoms with van der Waals surface area (Å²) in [6.07, 6.45) is 2.33. The van der Waals surface area contributed by atoms with Crippen molar-refractivity contribution in [2.45, 2.75) is 39.2 Å². The van der Waals surface area contributed by atoms with Gasteiger partial charge in [0, 0.05) is 37.4 Å². The van der Waals surface area contributed by atoms with Gasteiger partial charge in [0.1, 0.15) is 5.82 Å². The van der Waals surface area contributed by atoms with Crippen molar-refractivity contribution in [3.05, 3.63) is 24.0 Å². The summed E-state index contributed by atoms with van der Waals surface area (Å²) in [6, 6.07) is 5.46. The van der Waals surface area contributed by atoms with E-state index in [1.807, 2.05) is 12.1 Å². The Bertz CT molecular complexity index is 434. The Morgan fingerprint density at radius 3 is 2.45 bits per heavy atom. The third-order valence-corrected chi connectivity index (χ3v) is 3.50. The van der Waals surface area contributed by atoms with Crippen LogP contribution in [0, 0.1) is 5.82 Å². The van der Waals surface area contributed by atoms with Crippen molar-refractivity contribution < 1.29 is 4.39 Å². The molecule has 1 saturated heterocycles. The summed E-state index contributed by atoms with van der Waals surface area (Å²) in [5, 5.41) is 6.65. The van der Waals surface area contributed by atoms with Gasteiger partial charge in [-0.2, -0.15) is 0 Å². The van der Waals surface area contributed by atoms with Crippen LogP contribution < -0.4 is 15.5 Å². The Balaban J connectivity index is 1.85. The Morgan fingerprint density at radius 1 is 1.15 bits per heavy atom. The molecule has 1 aromatic rings. The zero-order valence-corrected chi connectivity index (χ0v) is 12.8. The van der Waals surface area contributed by atoms with Crippen LogP contribution in [0.5, 0.6) is 0 Å². The SMILES string of the molecule is CC(C)(C)NCCNc1ccc(N2CCCC2)c(F)c1. The second-order valence-corrected chi connectivity index (χ2v) is 6.46. The van der Waals surface area contributed by atoms with Gasteiger partial charge in [0.2, 0.25) is 0 Å². The van der Waals surface area contributed by atoms with Crippen LogP contribution in [0.15, 0.2) is 18.2 Å². The molecule has 0 saturated carbocycles. The molecule has 0 spiro atoms. The first-order valence-electron chi connectivity index (χ1n) is 7.49. The van der Waals surface area contributed by atoms with E-state index >= 15 is 0 Å². The normalized spacial score (nSPS) is 15.7. The lowest BCUT2D eigenvalue weighted by Crippen LogP contribution is -2.38. The van der Waals surface area contributed by atoms with Crippen molar-refractivity contribution in [1.29, 1.82) is 0 Å². The van der Waals surface area contributed by atoms with Crippen molar-refractivity contribution in [2.75, 3.05) is 36.4 Å². The highest BCUT2D eigenvalue weighted by atomic mass is 19.1. The van der Waals surface area contributed by atoms with E-state index in [0.717, 1.165) is 50.4 Å². The van der Waals surface area contributed by atoms with E-state index in [-0.39, 0.29) is 11.4 Å². The largest absolute Gasteiger partial charge is 0.384 e. The van der Waals surface area contributed by atoms with Crippen LogP contribution in [0.2, 0.25) is 0 Å². The van der Waals surface area contributed by atoms with E-state index in [2.05, 4.69) is 36.3 Å². The molecule has 0 aromatic heterocycles. The molecule has 1 heterocycles. The van der Waals surface area contributed by atoms with Gasteiger partial charge >= 0.3 is 0 Å². The van der Waals surface area contributed by atoms with E-state index < -0.39 is 0 Å². The van der Waals surface area contributed by atoms with Crippen molar-refractivity contribution in [1.82, 2.24) is 5.32 Å². The molecular weight excluding hydrogens is 253 g/mol. The molecule has 2 N–H and O–H groups in total. The summed E-state index contributed by atoms with van der Waals surface area (Å²) >= 11 is 0. The second kappa shape index (κ2) is 6.44. The van der Waals surface area contributed by atoms with Crippen LogP contribution in [-0.2, 0) is 0 Å². The average Bonchev–Trinajstić information content (AvgIpc) is 2.87. The van der Waals surface area contributed by atoms with Gasteiger partial charge in [0.15, 0.2) is 0 Å². The zero-order chi connectivity index (χ0) is 14.6. The van der Waals surface area contributed by atoms with Gasteiger partial charge in [-0.3, -0.25) is 0 Å². The number of nitrogens with zero attached hydrogens (tertiary/aromatic N) is 1. The van der Waals surface area contributed by atoms with Crippen LogP contribution in [-0.4, -0.2) is 31.7 Å². The minimum atomic E-state index is -0.124. The number of nitrogens with one attached hydrogen (secondary N) is 2. The van der Waals surface area contributed by atoms with Crippen LogP contribution in [0.1, 0.15) is 33.6 Å². The molecule has 0 atom stereocenters. The Morgan fingerprint density at radius 2 is 1.85 bits per heavy atom. The lowest BCUT2D eigenvalue weighted by Gasteiger charge is -2.21. The maximum absolute atomic E-state index is 14.1. The van der Waals surface area contributed by atoms with Crippen molar-refractivity contribution in [2.24, 2.45) is 0 Å². The van der Waals surface area contributed by atoms with E-state index in [1.54, 1.807) is 6.07 Å². The molecule has 1 fully saturated rings. The molecule has 0 unspecified atom stereocenters. The van der Waals surface area contributed by atoms with Crippen LogP contribution in [0.4, 0.5) is 15.8 Å². The summed E-state index contributed by atoms with van der Waals surface area (Å²) in [4.78, 5) is 2.13. The van der Waals surface area contributed by atoms with Gasteiger partial charge in [-0.1, -0.05) is 0 Å². The third-order valence-electron chi connectivity index (χ3n) is 3.50. The Kier molecular flexibility index (Phi) is 4.86. The molecule has 2 rings (SSSR count). The molecule has 1 aliphatic rings. The van der Waals surface area contributed by atoms with Gasteiger partial charge < -0.3 is 15.5 Å². The highest BCUT2D eigenvalue weighted by Crippen LogP contribution is 2.25. The zero-order valence-electron chi connectivity index (χ0n) is 12.8. The van der Waals surface area contributed by atoms with Crippen LogP contribution >= 0.6 is 0 Å². The fourth-order valence-electron chi connectivity index (χ4n) is 2.48. The van der Waals surface area contributed by atoms with Gasteiger partial charge in [0.05, 0.1) is 5.69 Å². The number of halogens is 1. The van der Waals surface area contributed by atoms with Crippen molar-refractivity contribution in [3.63, 3.8) is 0 Å². The Labute approximate surface area is 121 Å². The fourth-order valence-corrected chi connectivity index (χ4v) is 2.48. The van der Waals surface area contributed by atoms with Crippen LogP contribution in [0.25, 0.3) is 0 Å². The van der Waals surface area contributed by atoms with E-state index in [9.17, 15) is 4.39 Å². The van der Waals surface area contributed by atoms with Gasteiger partial charge in [0.25, 0.3) is 0 Å². The summed E-state index contributed by atoms with van der Waals surface area (Å²) in [5.41, 5.74) is 1.70. The number of rotatable bonds is 5. The monoisotopic (exact) mass is 279 g/mol. The predicted octanol–water partition coefficient (Wildman–Crippen LogP) is 3.23. The van der Waals surface area contributed by atoms with Gasteiger partial charge in [-0.25, -0.2) is 4.39 Å². The minimum absolute atomic E-state index is 0.118. The maximum Gasteiger partial charge on any atom is 0.148 e. The maximum atomic E-state index is 14.1. The molecule has 0 amide bonds. The fraction of sp³-hybridized carbons (Fsp3) is 0.625. The number of hydrogen-bond acceptors (Lipinski definition) is 3. The lowest BCUT2D eigenvalue weighted by atomic mass is 10.1. The highest BCUT2D eigenvalue weighted by Gasteiger charge is 2.16. The molecular formula is C16H26FN3. The second-order valence-electron chi connectivity index (χ2n) is 6.46. The third kappa shape index (κ3) is 4.37. The Hall–Kier alpha value is -1.29. The molecule has 1 aromatic carbocycles. The lowest BCUT2D eigenvalue weighted by molar-refractivity contribution is 0.435. The molecule has 0 bridgehead atoms. The summed E-state index contributed by atoms with van der Waals surface area (Å²) < 4.78 is 14.1. The molecule has 20 heavy (non-hydrogen) atoms. The van der Waals surface area contributed by atoms with Crippen molar-refractivity contribution >= 4 is 11.4 Å². The smallest absolute Gasteiger partial charge is 0.148 e. The molecule has 4 heteroatoms. The molecule has 1 aliphatic heterocycles. The first-order valence-corrected chi connectivity index (χ1v) is 7.49. The van der Waals surface area contributed by atoms with Crippen molar-refractivity contribution in [3.8, 4) is 0 Å². The molecule has 3 nitrogen and oxygen atoms in total. The minimum Gasteiger partial charge on any atom is -0.384 e. The standard InChI is InChI=1S/C16H26FN3/c1-16(2,3)19-9-8-18-13-6-7-15(14(17)12-13)20-10-4-5-11-20/h6-7,12,18-19H,4-5,8-11H2,1-3H3. The highest BCUT2D eigenvalue weighted by molar-refractivity contribution is 5.56. The summed E-state index contributed by atoms with van der Waals surface area (Å²) in [7, 11) is 0.